The van der Waals surface area contributed by atoms with Crippen LogP contribution in [-0.2, 0) is 23.9 Å². The van der Waals surface area contributed by atoms with Gasteiger partial charge in [-0.25, -0.2) is 0 Å². The van der Waals surface area contributed by atoms with Gasteiger partial charge in [0.25, 0.3) is 0 Å². The Morgan fingerprint density at radius 1 is 1.00 bits per heavy atom. The van der Waals surface area contributed by atoms with E-state index in [4.69, 9.17) is 9.47 Å². The highest BCUT2D eigenvalue weighted by Crippen LogP contribution is 2.69. The molecule has 6 nitrogen and oxygen atoms in total. The summed E-state index contributed by atoms with van der Waals surface area (Å²) in [7, 11) is 0. The van der Waals surface area contributed by atoms with Crippen LogP contribution in [0.4, 0.5) is 0 Å². The topological polar surface area (TPSA) is 89.9 Å². The van der Waals surface area contributed by atoms with Crippen LogP contribution in [0, 0.1) is 28.1 Å². The fourth-order valence-electron chi connectivity index (χ4n) is 8.30. The first-order chi connectivity index (χ1) is 18.6. The van der Waals surface area contributed by atoms with Crippen molar-refractivity contribution in [1.29, 1.82) is 0 Å². The number of aliphatic hydroxyl groups is 1. The zero-order valence-electron chi connectivity index (χ0n) is 26.1. The van der Waals surface area contributed by atoms with Crippen LogP contribution in [0.15, 0.2) is 46.6 Å². The molecular formula is C34H50O6. The average Bonchev–Trinajstić information content (AvgIpc) is 3.14. The van der Waals surface area contributed by atoms with Gasteiger partial charge in [-0.3, -0.25) is 14.4 Å². The third kappa shape index (κ3) is 6.22. The van der Waals surface area contributed by atoms with Crippen molar-refractivity contribution in [3.05, 3.63) is 46.6 Å². The second kappa shape index (κ2) is 12.2. The van der Waals surface area contributed by atoms with Gasteiger partial charge in [-0.05, 0) is 88.2 Å². The van der Waals surface area contributed by atoms with E-state index in [0.29, 0.717) is 19.3 Å². The molecule has 0 aromatic rings. The first kappa shape index (κ1) is 32.0. The molecule has 1 N–H and O–H groups in total. The Kier molecular flexibility index (Phi) is 9.76. The largest absolute Gasteiger partial charge is 0.465 e. The van der Waals surface area contributed by atoms with Crippen LogP contribution < -0.4 is 0 Å². The molecule has 0 aliphatic heterocycles. The minimum Gasteiger partial charge on any atom is -0.465 e. The number of rotatable bonds is 8. The van der Waals surface area contributed by atoms with Crippen molar-refractivity contribution in [2.24, 2.45) is 28.1 Å². The Balaban J connectivity index is 1.92. The van der Waals surface area contributed by atoms with Crippen molar-refractivity contribution in [2.45, 2.75) is 113 Å². The van der Waals surface area contributed by atoms with Gasteiger partial charge in [0.1, 0.15) is 12.7 Å². The van der Waals surface area contributed by atoms with Gasteiger partial charge in [0, 0.05) is 36.7 Å². The maximum Gasteiger partial charge on any atom is 0.302 e. The van der Waals surface area contributed by atoms with E-state index < -0.39 is 11.5 Å². The van der Waals surface area contributed by atoms with Crippen LogP contribution >= 0.6 is 0 Å². The number of carbonyl (C=O) groups excluding carboxylic acids is 3. The lowest BCUT2D eigenvalue weighted by atomic mass is 9.43. The zero-order valence-corrected chi connectivity index (χ0v) is 26.1. The van der Waals surface area contributed by atoms with Crippen molar-refractivity contribution in [1.82, 2.24) is 0 Å². The normalized spacial score (nSPS) is 36.0. The fraction of sp³-hybridized carbons (Fsp3) is 0.676. The van der Waals surface area contributed by atoms with Gasteiger partial charge in [-0.15, -0.1) is 0 Å². The molecule has 0 amide bonds. The average molecular weight is 555 g/mol. The minimum atomic E-state index is -0.527. The summed E-state index contributed by atoms with van der Waals surface area (Å²) >= 11 is 0. The molecular weight excluding hydrogens is 504 g/mol. The van der Waals surface area contributed by atoms with Crippen molar-refractivity contribution in [3.63, 3.8) is 0 Å². The summed E-state index contributed by atoms with van der Waals surface area (Å²) in [6.07, 6.45) is 11.4. The summed E-state index contributed by atoms with van der Waals surface area (Å²) in [5.74, 6) is -0.146. The molecule has 222 valence electrons. The van der Waals surface area contributed by atoms with E-state index in [1.54, 1.807) is 0 Å². The number of allylic oxidation sites excluding steroid dienone is 6. The number of hydrogen-bond acceptors (Lipinski definition) is 6. The van der Waals surface area contributed by atoms with Crippen LogP contribution in [0.5, 0.6) is 0 Å². The van der Waals surface area contributed by atoms with Crippen molar-refractivity contribution >= 4 is 17.7 Å². The summed E-state index contributed by atoms with van der Waals surface area (Å²) < 4.78 is 11.4. The Morgan fingerprint density at radius 2 is 1.68 bits per heavy atom. The molecule has 3 aliphatic rings. The van der Waals surface area contributed by atoms with E-state index in [1.807, 2.05) is 52.0 Å². The maximum absolute atomic E-state index is 13.7. The highest BCUT2D eigenvalue weighted by molar-refractivity contribution is 6.00. The Labute approximate surface area is 241 Å². The Hall–Kier alpha value is -2.47. The predicted molar refractivity (Wildman–Crippen MR) is 157 cm³/mol. The summed E-state index contributed by atoms with van der Waals surface area (Å²) in [6, 6.07) is 0. The third-order valence-electron chi connectivity index (χ3n) is 10.3. The molecule has 1 unspecified atom stereocenters. The molecule has 0 spiro atoms. The molecule has 6 heteroatoms. The highest BCUT2D eigenvalue weighted by atomic mass is 16.6. The lowest BCUT2D eigenvalue weighted by molar-refractivity contribution is -0.203. The monoisotopic (exact) mass is 554 g/mol. The molecule has 40 heavy (non-hydrogen) atoms. The number of aliphatic hydroxyl groups excluding tert-OH is 1. The number of fused-ring (bicyclic) bond motifs is 3. The molecule has 7 atom stereocenters. The molecule has 0 saturated heterocycles. The number of hydrogen-bond donors (Lipinski definition) is 1. The molecule has 0 aromatic carbocycles. The van der Waals surface area contributed by atoms with Gasteiger partial charge in [0.2, 0.25) is 0 Å². The van der Waals surface area contributed by atoms with Crippen LogP contribution in [0.1, 0.15) is 101 Å². The smallest absolute Gasteiger partial charge is 0.302 e. The van der Waals surface area contributed by atoms with Crippen LogP contribution in [0.3, 0.4) is 0 Å². The fourth-order valence-corrected chi connectivity index (χ4v) is 8.30. The molecule has 0 heterocycles. The van der Waals surface area contributed by atoms with E-state index in [-0.39, 0.29) is 53.1 Å². The van der Waals surface area contributed by atoms with E-state index in [2.05, 4.69) is 20.8 Å². The van der Waals surface area contributed by atoms with Gasteiger partial charge in [0.05, 0.1) is 6.10 Å². The van der Waals surface area contributed by atoms with Crippen molar-refractivity contribution in [2.75, 3.05) is 6.61 Å². The molecule has 3 saturated carbocycles. The number of ketones is 1. The molecule has 0 aromatic heterocycles. The SMILES string of the molecule is CC(=O)OC[C@@]1(C)[C@@H]2CC[C@@]3(C)\C(=C(C)/C=C/C=C(\C)C(O)CC=C(C)C)C(=O)C[C@@H]3[C@@]2(C)CC[C@@H]1OC(C)=O. The lowest BCUT2D eigenvalue weighted by Crippen LogP contribution is -2.60. The van der Waals surface area contributed by atoms with Gasteiger partial charge < -0.3 is 14.6 Å². The van der Waals surface area contributed by atoms with E-state index in [1.165, 1.54) is 19.4 Å². The van der Waals surface area contributed by atoms with Crippen molar-refractivity contribution in [3.8, 4) is 0 Å². The zero-order chi connectivity index (χ0) is 30.0. The first-order valence-corrected chi connectivity index (χ1v) is 14.8. The maximum atomic E-state index is 13.7. The molecule has 3 aliphatic carbocycles. The Morgan fingerprint density at radius 3 is 2.27 bits per heavy atom. The van der Waals surface area contributed by atoms with Gasteiger partial charge >= 0.3 is 11.9 Å². The van der Waals surface area contributed by atoms with Crippen LogP contribution in [0.2, 0.25) is 0 Å². The van der Waals surface area contributed by atoms with Gasteiger partial charge in [-0.1, -0.05) is 50.6 Å². The Bertz CT molecular complexity index is 1140. The summed E-state index contributed by atoms with van der Waals surface area (Å²) in [5.41, 5.74) is 3.04. The molecule has 3 fully saturated rings. The number of esters is 2. The van der Waals surface area contributed by atoms with Gasteiger partial charge in [0.15, 0.2) is 5.78 Å². The molecule has 0 radical (unpaired) electrons. The second-order valence-corrected chi connectivity index (χ2v) is 13.5. The lowest BCUT2D eigenvalue weighted by Gasteiger charge is -2.62. The summed E-state index contributed by atoms with van der Waals surface area (Å²) in [6.45, 7) is 17.7. The van der Waals surface area contributed by atoms with Crippen molar-refractivity contribution < 1.29 is 29.0 Å². The number of carbonyl (C=O) groups is 3. The first-order valence-electron chi connectivity index (χ1n) is 14.8. The van der Waals surface area contributed by atoms with E-state index in [9.17, 15) is 19.5 Å². The number of ether oxygens (including phenoxy) is 2. The van der Waals surface area contributed by atoms with E-state index in [0.717, 1.165) is 36.0 Å². The second-order valence-electron chi connectivity index (χ2n) is 13.5. The minimum absolute atomic E-state index is 0.145. The summed E-state index contributed by atoms with van der Waals surface area (Å²) in [5, 5.41) is 10.4. The third-order valence-corrected chi connectivity index (χ3v) is 10.3. The standard InChI is InChI=1S/C34H50O6/c1-21(2)13-14-26(37)22(3)11-10-12-23(4)31-27(38)19-29-32(7)18-16-30(40-25(6)36)34(9,20-39-24(5)35)28(32)15-17-33(29,31)8/h10-13,26,28-30,37H,14-20H2,1-9H3/b12-10+,22-11+,31-23-/t26?,28-,29-,30+,32+,33-,34+/m1/s1. The quantitative estimate of drug-likeness (QED) is 0.153. The van der Waals surface area contributed by atoms with Crippen LogP contribution in [-0.4, -0.2) is 41.6 Å². The number of Topliss-reactive ketones (excluding diaryl/α,β-unsaturated/α-hetero) is 1. The van der Waals surface area contributed by atoms with Crippen LogP contribution in [0.25, 0.3) is 0 Å². The summed E-state index contributed by atoms with van der Waals surface area (Å²) in [4.78, 5) is 37.5. The molecule has 3 rings (SSSR count). The van der Waals surface area contributed by atoms with Gasteiger partial charge in [-0.2, -0.15) is 0 Å². The van der Waals surface area contributed by atoms with E-state index >= 15 is 0 Å². The predicted octanol–water partition coefficient (Wildman–Crippen LogP) is 6.83. The molecule has 0 bridgehead atoms. The highest BCUT2D eigenvalue weighted by Gasteiger charge is 2.66.